The number of rotatable bonds is 3. The first-order chi connectivity index (χ1) is 5.38. The van der Waals surface area contributed by atoms with Crippen molar-refractivity contribution < 1.29 is 0 Å². The van der Waals surface area contributed by atoms with Crippen LogP contribution in [0, 0.1) is 0 Å². The second kappa shape index (κ2) is 4.35. The smallest absolute Gasteiger partial charge is 0.0415 e. The van der Waals surface area contributed by atoms with Crippen LogP contribution in [0.2, 0.25) is 0 Å². The molecular weight excluding hydrogens is 153 g/mol. The zero-order chi connectivity index (χ0) is 8.10. The van der Waals surface area contributed by atoms with Crippen molar-refractivity contribution in [1.29, 1.82) is 0 Å². The molecule has 0 radical (unpaired) electrons. The molecule has 0 aromatic heterocycles. The number of para-hydroxylation sites is 1. The summed E-state index contributed by atoms with van der Waals surface area (Å²) in [5, 5.41) is 4.76. The van der Waals surface area contributed by atoms with Crippen LogP contribution in [0.5, 0.6) is 0 Å². The SMILES string of the molecule is CCNc1ccccc1PC. The zero-order valence-electron chi connectivity index (χ0n) is 7.02. The third-order valence-corrected chi connectivity index (χ3v) is 2.54. The molecule has 1 aromatic carbocycles. The molecule has 0 spiro atoms. The van der Waals surface area contributed by atoms with Crippen LogP contribution in [-0.4, -0.2) is 13.2 Å². The van der Waals surface area contributed by atoms with Crippen LogP contribution in [-0.2, 0) is 0 Å². The Hall–Kier alpha value is -0.550. The van der Waals surface area contributed by atoms with Crippen LogP contribution in [0.3, 0.4) is 0 Å². The summed E-state index contributed by atoms with van der Waals surface area (Å²) < 4.78 is 0. The van der Waals surface area contributed by atoms with Gasteiger partial charge in [0.05, 0.1) is 0 Å². The molecule has 0 saturated carbocycles. The van der Waals surface area contributed by atoms with Crippen LogP contribution >= 0.6 is 8.58 Å². The Labute approximate surface area is 70.0 Å². The van der Waals surface area contributed by atoms with Crippen molar-refractivity contribution in [3.8, 4) is 0 Å². The second-order valence-electron chi connectivity index (χ2n) is 2.33. The summed E-state index contributed by atoms with van der Waals surface area (Å²) in [4.78, 5) is 0. The monoisotopic (exact) mass is 167 g/mol. The minimum Gasteiger partial charge on any atom is -0.385 e. The van der Waals surface area contributed by atoms with Crippen LogP contribution < -0.4 is 10.6 Å². The van der Waals surface area contributed by atoms with Crippen LogP contribution in [0.15, 0.2) is 24.3 Å². The van der Waals surface area contributed by atoms with Crippen molar-refractivity contribution in [3.05, 3.63) is 24.3 Å². The van der Waals surface area contributed by atoms with Gasteiger partial charge in [0, 0.05) is 12.2 Å². The van der Waals surface area contributed by atoms with Gasteiger partial charge in [0.2, 0.25) is 0 Å². The molecule has 0 bridgehead atoms. The van der Waals surface area contributed by atoms with Gasteiger partial charge in [-0.15, -0.1) is 0 Å². The molecule has 0 amide bonds. The van der Waals surface area contributed by atoms with Crippen molar-refractivity contribution in [2.24, 2.45) is 0 Å². The number of hydrogen-bond acceptors (Lipinski definition) is 1. The lowest BCUT2D eigenvalue weighted by atomic mass is 10.3. The van der Waals surface area contributed by atoms with E-state index in [1.54, 1.807) is 0 Å². The minimum atomic E-state index is 0.876. The molecule has 11 heavy (non-hydrogen) atoms. The van der Waals surface area contributed by atoms with Crippen LogP contribution in [0.4, 0.5) is 5.69 Å². The van der Waals surface area contributed by atoms with Crippen molar-refractivity contribution in [2.75, 3.05) is 18.5 Å². The summed E-state index contributed by atoms with van der Waals surface area (Å²) in [7, 11) is 0.876. The fourth-order valence-electron chi connectivity index (χ4n) is 1.05. The van der Waals surface area contributed by atoms with E-state index in [1.807, 2.05) is 0 Å². The van der Waals surface area contributed by atoms with Gasteiger partial charge >= 0.3 is 0 Å². The van der Waals surface area contributed by atoms with Crippen molar-refractivity contribution in [3.63, 3.8) is 0 Å². The zero-order valence-corrected chi connectivity index (χ0v) is 8.02. The summed E-state index contributed by atoms with van der Waals surface area (Å²) in [6.07, 6.45) is 0. The summed E-state index contributed by atoms with van der Waals surface area (Å²) in [6, 6.07) is 8.47. The highest BCUT2D eigenvalue weighted by molar-refractivity contribution is 7.46. The lowest BCUT2D eigenvalue weighted by Gasteiger charge is -2.07. The molecule has 0 aliphatic heterocycles. The Kier molecular flexibility index (Phi) is 3.38. The maximum Gasteiger partial charge on any atom is 0.0415 e. The summed E-state index contributed by atoms with van der Waals surface area (Å²) >= 11 is 0. The molecular formula is C9H14NP. The lowest BCUT2D eigenvalue weighted by molar-refractivity contribution is 1.22. The van der Waals surface area contributed by atoms with Gasteiger partial charge in [-0.3, -0.25) is 0 Å². The van der Waals surface area contributed by atoms with E-state index in [2.05, 4.69) is 43.2 Å². The van der Waals surface area contributed by atoms with Gasteiger partial charge in [0.1, 0.15) is 0 Å². The number of hydrogen-bond donors (Lipinski definition) is 1. The fourth-order valence-corrected chi connectivity index (χ4v) is 1.75. The average Bonchev–Trinajstić information content (AvgIpc) is 2.06. The first-order valence-corrected chi connectivity index (χ1v) is 5.39. The Morgan fingerprint density at radius 2 is 2.09 bits per heavy atom. The normalized spacial score (nSPS) is 10.7. The highest BCUT2D eigenvalue weighted by Crippen LogP contribution is 2.12. The molecule has 2 heteroatoms. The molecule has 1 atom stereocenters. The van der Waals surface area contributed by atoms with Crippen molar-refractivity contribution in [2.45, 2.75) is 6.92 Å². The van der Waals surface area contributed by atoms with E-state index in [0.717, 1.165) is 15.1 Å². The van der Waals surface area contributed by atoms with Crippen molar-refractivity contribution >= 4 is 19.6 Å². The molecule has 1 unspecified atom stereocenters. The highest BCUT2D eigenvalue weighted by atomic mass is 31.1. The minimum absolute atomic E-state index is 0.876. The van der Waals surface area contributed by atoms with E-state index in [-0.39, 0.29) is 0 Å². The standard InChI is InChI=1S/C9H14NP/c1-3-10-8-6-4-5-7-9(8)11-2/h4-7,10-11H,3H2,1-2H3. The molecule has 1 aromatic rings. The third-order valence-electron chi connectivity index (χ3n) is 1.56. The molecule has 1 N–H and O–H groups in total. The van der Waals surface area contributed by atoms with E-state index in [9.17, 15) is 0 Å². The van der Waals surface area contributed by atoms with E-state index < -0.39 is 0 Å². The second-order valence-corrected chi connectivity index (χ2v) is 3.36. The molecule has 60 valence electrons. The Morgan fingerprint density at radius 1 is 1.36 bits per heavy atom. The van der Waals surface area contributed by atoms with Gasteiger partial charge in [0.25, 0.3) is 0 Å². The molecule has 1 nitrogen and oxygen atoms in total. The first kappa shape index (κ1) is 8.55. The van der Waals surface area contributed by atoms with E-state index in [4.69, 9.17) is 0 Å². The molecule has 0 heterocycles. The van der Waals surface area contributed by atoms with Gasteiger partial charge in [-0.1, -0.05) is 26.8 Å². The topological polar surface area (TPSA) is 12.0 Å². The Balaban J connectivity index is 2.83. The fraction of sp³-hybridized carbons (Fsp3) is 0.333. The Bertz CT molecular complexity index is 223. The molecule has 0 saturated heterocycles. The van der Waals surface area contributed by atoms with Crippen LogP contribution in [0.1, 0.15) is 6.92 Å². The highest BCUT2D eigenvalue weighted by Gasteiger charge is 1.95. The maximum absolute atomic E-state index is 3.33. The number of anilines is 1. The van der Waals surface area contributed by atoms with E-state index >= 15 is 0 Å². The summed E-state index contributed by atoms with van der Waals surface area (Å²) in [5.41, 5.74) is 1.29. The molecule has 1 rings (SSSR count). The van der Waals surface area contributed by atoms with Gasteiger partial charge < -0.3 is 5.32 Å². The molecule has 0 aliphatic carbocycles. The largest absolute Gasteiger partial charge is 0.385 e. The summed E-state index contributed by atoms with van der Waals surface area (Å²) in [5.74, 6) is 0. The van der Waals surface area contributed by atoms with E-state index in [1.165, 1.54) is 11.0 Å². The van der Waals surface area contributed by atoms with Gasteiger partial charge in [-0.25, -0.2) is 0 Å². The maximum atomic E-state index is 3.33. The van der Waals surface area contributed by atoms with Crippen LogP contribution in [0.25, 0.3) is 0 Å². The van der Waals surface area contributed by atoms with Gasteiger partial charge in [-0.2, -0.15) is 0 Å². The van der Waals surface area contributed by atoms with Gasteiger partial charge in [-0.05, 0) is 25.0 Å². The quantitative estimate of drug-likeness (QED) is 0.679. The summed E-state index contributed by atoms with van der Waals surface area (Å²) in [6.45, 7) is 5.33. The van der Waals surface area contributed by atoms with Crippen molar-refractivity contribution in [1.82, 2.24) is 0 Å². The predicted molar refractivity (Wildman–Crippen MR) is 54.5 cm³/mol. The third kappa shape index (κ3) is 2.20. The Morgan fingerprint density at radius 3 is 2.73 bits per heavy atom. The molecule has 0 aliphatic rings. The average molecular weight is 167 g/mol. The number of benzene rings is 1. The molecule has 0 fully saturated rings. The number of nitrogens with one attached hydrogen (secondary N) is 1. The van der Waals surface area contributed by atoms with Gasteiger partial charge in [0.15, 0.2) is 0 Å². The lowest BCUT2D eigenvalue weighted by Crippen LogP contribution is -2.06. The predicted octanol–water partition coefficient (Wildman–Crippen LogP) is 2.05. The first-order valence-electron chi connectivity index (χ1n) is 3.89. The van der Waals surface area contributed by atoms with E-state index in [0.29, 0.717) is 0 Å².